The number of rotatable bonds is 6. The zero-order valence-corrected chi connectivity index (χ0v) is 19.7. The number of aryl methyl sites for hydroxylation is 1. The molecular weight excluding hydrogens is 463 g/mol. The Morgan fingerprint density at radius 1 is 1.09 bits per heavy atom. The van der Waals surface area contributed by atoms with Crippen molar-refractivity contribution in [1.82, 2.24) is 13.6 Å². The van der Waals surface area contributed by atoms with E-state index in [1.807, 2.05) is 13.8 Å². The van der Waals surface area contributed by atoms with Gasteiger partial charge in [0.05, 0.1) is 29.0 Å². The summed E-state index contributed by atoms with van der Waals surface area (Å²) in [4.78, 5) is 14.8. The molecule has 0 radical (unpaired) electrons. The minimum Gasteiger partial charge on any atom is -0.335 e. The van der Waals surface area contributed by atoms with Crippen LogP contribution in [0.5, 0.6) is 0 Å². The third-order valence-electron chi connectivity index (χ3n) is 5.44. The van der Waals surface area contributed by atoms with Crippen LogP contribution in [0.15, 0.2) is 65.6 Å². The van der Waals surface area contributed by atoms with E-state index in [9.17, 15) is 17.6 Å². The highest BCUT2D eigenvalue weighted by Gasteiger charge is 2.25. The topological polar surface area (TPSA) is 92.3 Å². The van der Waals surface area contributed by atoms with Crippen molar-refractivity contribution in [3.63, 3.8) is 0 Å². The van der Waals surface area contributed by atoms with E-state index in [2.05, 4.69) is 13.5 Å². The number of nitrogens with one attached hydrogen (secondary N) is 1. The van der Waals surface area contributed by atoms with Crippen LogP contribution in [0.3, 0.4) is 0 Å². The molecule has 1 N–H and O–H groups in total. The second-order valence-corrected chi connectivity index (χ2v) is 9.87. The normalized spacial score (nSPS) is 12.5. The first kappa shape index (κ1) is 22.8. The molecule has 33 heavy (non-hydrogen) atoms. The van der Waals surface area contributed by atoms with Crippen LogP contribution in [-0.2, 0) is 10.0 Å². The van der Waals surface area contributed by atoms with Gasteiger partial charge in [0.2, 0.25) is 0 Å². The van der Waals surface area contributed by atoms with Crippen LogP contribution < -0.4 is 4.72 Å². The van der Waals surface area contributed by atoms with Crippen molar-refractivity contribution in [3.8, 4) is 0 Å². The Morgan fingerprint density at radius 2 is 1.82 bits per heavy atom. The fourth-order valence-corrected chi connectivity index (χ4v) is 5.30. The molecule has 0 aliphatic heterocycles. The van der Waals surface area contributed by atoms with Crippen LogP contribution in [0.4, 0.5) is 10.1 Å². The van der Waals surface area contributed by atoms with Gasteiger partial charge in [-0.3, -0.25) is 9.52 Å². The van der Waals surface area contributed by atoms with E-state index in [0.717, 1.165) is 22.9 Å². The summed E-state index contributed by atoms with van der Waals surface area (Å²) < 4.78 is 50.5. The number of fused-ring (bicyclic) bond motifs is 1. The number of sulfonamides is 1. The Balaban J connectivity index is 1.68. The molecule has 1 aromatic heterocycles. The molecule has 0 saturated heterocycles. The number of anilines is 1. The molecule has 170 valence electrons. The predicted octanol–water partition coefficient (Wildman–Crippen LogP) is 4.77. The molecule has 7 nitrogen and oxygen atoms in total. The lowest BCUT2D eigenvalue weighted by atomic mass is 10.0. The van der Waals surface area contributed by atoms with Crippen molar-refractivity contribution in [2.24, 2.45) is 0 Å². The van der Waals surface area contributed by atoms with Crippen molar-refractivity contribution in [2.45, 2.75) is 24.8 Å². The van der Waals surface area contributed by atoms with Gasteiger partial charge >= 0.3 is 0 Å². The second kappa shape index (κ2) is 8.87. The molecule has 3 aromatic carbocycles. The molecule has 0 aliphatic carbocycles. The number of halogens is 1. The fourth-order valence-electron chi connectivity index (χ4n) is 3.46. The fraction of sp³-hybridized carbons (Fsp3) is 0.174. The third-order valence-corrected chi connectivity index (χ3v) is 7.38. The van der Waals surface area contributed by atoms with Gasteiger partial charge in [-0.15, -0.1) is 0 Å². The summed E-state index contributed by atoms with van der Waals surface area (Å²) in [5.41, 5.74) is 2.66. The number of aromatic nitrogens is 2. The lowest BCUT2D eigenvalue weighted by Gasteiger charge is -2.26. The van der Waals surface area contributed by atoms with Crippen LogP contribution in [0.1, 0.15) is 34.5 Å². The molecule has 0 saturated carbocycles. The number of hydrogen-bond acceptors (Lipinski definition) is 6. The van der Waals surface area contributed by atoms with Gasteiger partial charge in [-0.25, -0.2) is 12.8 Å². The Bertz CT molecular complexity index is 1440. The smallest absolute Gasteiger partial charge is 0.264 e. The number of carbonyl (C=O) groups excluding carboxylic acids is 1. The van der Waals surface area contributed by atoms with Crippen molar-refractivity contribution in [2.75, 3.05) is 11.8 Å². The van der Waals surface area contributed by atoms with Gasteiger partial charge in [-0.05, 0) is 61.4 Å². The highest BCUT2D eigenvalue weighted by Crippen LogP contribution is 2.28. The van der Waals surface area contributed by atoms with Crippen molar-refractivity contribution in [1.29, 1.82) is 0 Å². The zero-order valence-electron chi connectivity index (χ0n) is 18.1. The lowest BCUT2D eigenvalue weighted by Crippen LogP contribution is -2.30. The first-order valence-electron chi connectivity index (χ1n) is 10.0. The van der Waals surface area contributed by atoms with E-state index in [1.54, 1.807) is 49.5 Å². The summed E-state index contributed by atoms with van der Waals surface area (Å²) in [7, 11) is -2.42. The number of hydrogen-bond donors (Lipinski definition) is 1. The van der Waals surface area contributed by atoms with E-state index in [0.29, 0.717) is 5.52 Å². The molecule has 10 heteroatoms. The van der Waals surface area contributed by atoms with E-state index in [-0.39, 0.29) is 39.4 Å². The monoisotopic (exact) mass is 484 g/mol. The summed E-state index contributed by atoms with van der Waals surface area (Å²) in [6, 6.07) is 15.2. The quantitative estimate of drug-likeness (QED) is 0.426. The minimum atomic E-state index is -4.04. The zero-order chi connectivity index (χ0) is 23.8. The Labute approximate surface area is 195 Å². The second-order valence-electron chi connectivity index (χ2n) is 7.69. The van der Waals surface area contributed by atoms with Crippen molar-refractivity contribution < 1.29 is 17.6 Å². The number of amides is 1. The Morgan fingerprint density at radius 3 is 2.55 bits per heavy atom. The Hall–Kier alpha value is -3.37. The number of carbonyl (C=O) groups is 1. The molecule has 4 aromatic rings. The van der Waals surface area contributed by atoms with Gasteiger partial charge in [0.1, 0.15) is 21.7 Å². The summed E-state index contributed by atoms with van der Waals surface area (Å²) in [6.45, 7) is 3.63. The van der Waals surface area contributed by atoms with Gasteiger partial charge in [-0.1, -0.05) is 24.3 Å². The average Bonchev–Trinajstić information content (AvgIpc) is 3.27. The average molecular weight is 485 g/mol. The van der Waals surface area contributed by atoms with Crippen LogP contribution in [-0.4, -0.2) is 35.0 Å². The van der Waals surface area contributed by atoms with E-state index < -0.39 is 10.0 Å². The molecule has 1 heterocycles. The maximum Gasteiger partial charge on any atom is 0.264 e. The molecule has 4 rings (SSSR count). The maximum atomic E-state index is 13.3. The van der Waals surface area contributed by atoms with Crippen molar-refractivity contribution in [3.05, 3.63) is 83.2 Å². The van der Waals surface area contributed by atoms with Crippen LogP contribution >= 0.6 is 11.7 Å². The minimum absolute atomic E-state index is 0.0123. The third kappa shape index (κ3) is 4.57. The summed E-state index contributed by atoms with van der Waals surface area (Å²) >= 11 is 0.929. The molecule has 0 spiro atoms. The largest absolute Gasteiger partial charge is 0.335 e. The SMILES string of the molecule is Cc1ccc(C(=O)N(C)[C@@H](C)c2ccc(F)cc2)c(NS(=O)(=O)c2cccc3nsnc23)c1. The molecule has 0 aliphatic rings. The van der Waals surface area contributed by atoms with Gasteiger partial charge in [-0.2, -0.15) is 8.75 Å². The summed E-state index contributed by atoms with van der Waals surface area (Å²) in [5, 5.41) is 0. The summed E-state index contributed by atoms with van der Waals surface area (Å²) in [6.07, 6.45) is 0. The van der Waals surface area contributed by atoms with E-state index in [1.165, 1.54) is 23.1 Å². The van der Waals surface area contributed by atoms with Crippen molar-refractivity contribution >= 4 is 44.4 Å². The highest BCUT2D eigenvalue weighted by atomic mass is 32.2. The van der Waals surface area contributed by atoms with E-state index >= 15 is 0 Å². The maximum absolute atomic E-state index is 13.3. The molecule has 0 bridgehead atoms. The molecule has 1 amide bonds. The van der Waals surface area contributed by atoms with Gasteiger partial charge in [0.15, 0.2) is 0 Å². The molecule has 0 fully saturated rings. The lowest BCUT2D eigenvalue weighted by molar-refractivity contribution is 0.0743. The first-order chi connectivity index (χ1) is 15.7. The molecule has 1 atom stereocenters. The summed E-state index contributed by atoms with van der Waals surface area (Å²) in [5.74, 6) is -0.737. The standard InChI is InChI=1S/C23H21FN4O3S2/c1-14-7-12-18(23(29)28(3)15(2)16-8-10-17(24)11-9-16)20(13-14)27-33(30,31)21-6-4-5-19-22(21)26-32-25-19/h4-13,15,27H,1-3H3/t15-/m0/s1. The van der Waals surface area contributed by atoms with Gasteiger partial charge in [0.25, 0.3) is 15.9 Å². The highest BCUT2D eigenvalue weighted by molar-refractivity contribution is 7.93. The Kier molecular flexibility index (Phi) is 6.13. The van der Waals surface area contributed by atoms with Crippen LogP contribution in [0.2, 0.25) is 0 Å². The molecule has 0 unspecified atom stereocenters. The number of benzene rings is 3. The first-order valence-corrected chi connectivity index (χ1v) is 12.3. The number of nitrogens with zero attached hydrogens (tertiary/aromatic N) is 3. The van der Waals surface area contributed by atoms with Crippen LogP contribution in [0.25, 0.3) is 11.0 Å². The van der Waals surface area contributed by atoms with Crippen LogP contribution in [0, 0.1) is 12.7 Å². The molecular formula is C23H21FN4O3S2. The van der Waals surface area contributed by atoms with E-state index in [4.69, 9.17) is 0 Å². The predicted molar refractivity (Wildman–Crippen MR) is 126 cm³/mol. The van der Waals surface area contributed by atoms with Gasteiger partial charge < -0.3 is 4.90 Å². The van der Waals surface area contributed by atoms with Gasteiger partial charge in [0, 0.05) is 7.05 Å².